The van der Waals surface area contributed by atoms with Gasteiger partial charge in [0.15, 0.2) is 11.8 Å². The Morgan fingerprint density at radius 3 is 2.86 bits per heavy atom. The summed E-state index contributed by atoms with van der Waals surface area (Å²) in [6, 6.07) is 11.0. The largest absolute Gasteiger partial charge is 0.353 e. The van der Waals surface area contributed by atoms with E-state index in [2.05, 4.69) is 62.6 Å². The first kappa shape index (κ1) is 20.1. The molecule has 0 radical (unpaired) electrons. The molecule has 2 heterocycles. The van der Waals surface area contributed by atoms with E-state index >= 15 is 0 Å². The first-order valence-corrected chi connectivity index (χ1v) is 9.92. The summed E-state index contributed by atoms with van der Waals surface area (Å²) in [6.07, 6.45) is 4.16. The minimum Gasteiger partial charge on any atom is -0.353 e. The molecule has 28 heavy (non-hydrogen) atoms. The minimum absolute atomic E-state index is 0.370. The molecule has 7 nitrogen and oxygen atoms in total. The quantitative estimate of drug-likeness (QED) is 0.436. The lowest BCUT2D eigenvalue weighted by Crippen LogP contribution is -2.51. The van der Waals surface area contributed by atoms with Crippen LogP contribution in [0.3, 0.4) is 0 Å². The summed E-state index contributed by atoms with van der Waals surface area (Å²) in [5, 5.41) is 15.2. The lowest BCUT2D eigenvalue weighted by Gasteiger charge is -2.34. The second-order valence-corrected chi connectivity index (χ2v) is 7.26. The molecule has 0 spiro atoms. The van der Waals surface area contributed by atoms with Gasteiger partial charge in [-0.25, -0.2) is 4.99 Å². The van der Waals surface area contributed by atoms with Gasteiger partial charge in [0.2, 0.25) is 0 Å². The first-order valence-electron chi connectivity index (χ1n) is 9.92. The lowest BCUT2D eigenvalue weighted by molar-refractivity contribution is 0.192. The first-order chi connectivity index (χ1) is 13.7. The third-order valence-electron chi connectivity index (χ3n) is 5.07. The van der Waals surface area contributed by atoms with Crippen molar-refractivity contribution < 1.29 is 0 Å². The Morgan fingerprint density at radius 1 is 1.32 bits per heavy atom. The SMILES string of the molecule is C=CCNC(=NCc1nnc(C)n1C)NC1CCCN(Cc2ccccc2)C1. The van der Waals surface area contributed by atoms with Crippen LogP contribution < -0.4 is 10.6 Å². The Bertz CT molecular complexity index is 781. The van der Waals surface area contributed by atoms with E-state index < -0.39 is 0 Å². The summed E-state index contributed by atoms with van der Waals surface area (Å²) in [5.74, 6) is 2.54. The highest BCUT2D eigenvalue weighted by Crippen LogP contribution is 2.13. The van der Waals surface area contributed by atoms with Gasteiger partial charge in [0.05, 0.1) is 0 Å². The van der Waals surface area contributed by atoms with Gasteiger partial charge in [-0.15, -0.1) is 16.8 Å². The molecule has 0 amide bonds. The van der Waals surface area contributed by atoms with Gasteiger partial charge in [-0.2, -0.15) is 0 Å². The molecule has 1 unspecified atom stereocenters. The van der Waals surface area contributed by atoms with Crippen molar-refractivity contribution in [1.82, 2.24) is 30.3 Å². The van der Waals surface area contributed by atoms with Crippen molar-refractivity contribution in [3.8, 4) is 0 Å². The summed E-state index contributed by atoms with van der Waals surface area (Å²) in [6.45, 7) is 10.0. The molecule has 150 valence electrons. The zero-order valence-corrected chi connectivity index (χ0v) is 16.9. The van der Waals surface area contributed by atoms with Crippen LogP contribution in [0.4, 0.5) is 0 Å². The predicted octanol–water partition coefficient (Wildman–Crippen LogP) is 2.01. The maximum absolute atomic E-state index is 4.71. The monoisotopic (exact) mass is 381 g/mol. The van der Waals surface area contributed by atoms with Crippen LogP contribution in [0.1, 0.15) is 30.1 Å². The molecule has 3 rings (SSSR count). The minimum atomic E-state index is 0.370. The van der Waals surface area contributed by atoms with Crippen LogP contribution in [-0.4, -0.2) is 51.3 Å². The fourth-order valence-corrected chi connectivity index (χ4v) is 3.41. The molecular formula is C21H31N7. The molecule has 1 aromatic carbocycles. The van der Waals surface area contributed by atoms with E-state index in [-0.39, 0.29) is 0 Å². The Morgan fingerprint density at radius 2 is 2.14 bits per heavy atom. The second kappa shape index (κ2) is 10.0. The van der Waals surface area contributed by atoms with Crippen molar-refractivity contribution in [2.24, 2.45) is 12.0 Å². The average molecular weight is 382 g/mol. The van der Waals surface area contributed by atoms with E-state index in [9.17, 15) is 0 Å². The number of aromatic nitrogens is 3. The number of aryl methyl sites for hydroxylation is 1. The molecule has 2 N–H and O–H groups in total. The number of hydrogen-bond acceptors (Lipinski definition) is 4. The Labute approximate surface area is 167 Å². The van der Waals surface area contributed by atoms with Gasteiger partial charge in [-0.3, -0.25) is 4.90 Å². The summed E-state index contributed by atoms with van der Waals surface area (Å²) in [7, 11) is 1.97. The van der Waals surface area contributed by atoms with Crippen LogP contribution in [0, 0.1) is 6.92 Å². The zero-order valence-electron chi connectivity index (χ0n) is 16.9. The summed E-state index contributed by atoms with van der Waals surface area (Å²) < 4.78 is 1.97. The van der Waals surface area contributed by atoms with E-state index in [1.54, 1.807) is 0 Å². The molecule has 1 aliphatic heterocycles. The van der Waals surface area contributed by atoms with Crippen LogP contribution in [0.2, 0.25) is 0 Å². The number of nitrogens with zero attached hydrogens (tertiary/aromatic N) is 5. The van der Waals surface area contributed by atoms with Crippen LogP contribution >= 0.6 is 0 Å². The van der Waals surface area contributed by atoms with Crippen LogP contribution in [0.5, 0.6) is 0 Å². The molecule has 1 atom stereocenters. The Kier molecular flexibility index (Phi) is 7.19. The Hall–Kier alpha value is -2.67. The van der Waals surface area contributed by atoms with Gasteiger partial charge in [-0.1, -0.05) is 36.4 Å². The smallest absolute Gasteiger partial charge is 0.192 e. The van der Waals surface area contributed by atoms with Gasteiger partial charge in [0, 0.05) is 32.7 Å². The van der Waals surface area contributed by atoms with Gasteiger partial charge >= 0.3 is 0 Å². The van der Waals surface area contributed by atoms with Gasteiger partial charge in [0.25, 0.3) is 0 Å². The highest BCUT2D eigenvalue weighted by molar-refractivity contribution is 5.80. The summed E-state index contributed by atoms with van der Waals surface area (Å²) in [5.41, 5.74) is 1.36. The van der Waals surface area contributed by atoms with E-state index in [4.69, 9.17) is 4.99 Å². The normalized spacial score (nSPS) is 18.1. The molecule has 1 aromatic heterocycles. The summed E-state index contributed by atoms with van der Waals surface area (Å²) in [4.78, 5) is 7.22. The molecule has 0 saturated carbocycles. The fraction of sp³-hybridized carbons (Fsp3) is 0.476. The highest BCUT2D eigenvalue weighted by Gasteiger charge is 2.21. The number of piperidine rings is 1. The lowest BCUT2D eigenvalue weighted by atomic mass is 10.0. The molecule has 7 heteroatoms. The molecule has 0 aliphatic carbocycles. The number of guanidine groups is 1. The van der Waals surface area contributed by atoms with E-state index in [1.165, 1.54) is 12.0 Å². The van der Waals surface area contributed by atoms with Crippen LogP contribution in [-0.2, 0) is 20.1 Å². The number of nitrogens with one attached hydrogen (secondary N) is 2. The van der Waals surface area contributed by atoms with Crippen molar-refractivity contribution >= 4 is 5.96 Å². The van der Waals surface area contributed by atoms with Gasteiger partial charge in [-0.05, 0) is 31.9 Å². The number of likely N-dealkylation sites (tertiary alicyclic amines) is 1. The van der Waals surface area contributed by atoms with Crippen LogP contribution in [0.25, 0.3) is 0 Å². The standard InChI is InChI=1S/C21H31N7/c1-4-12-22-21(23-14-20-26-25-17(2)27(20)3)24-19-11-8-13-28(16-19)15-18-9-6-5-7-10-18/h4-7,9-10,19H,1,8,11-16H2,2-3H3,(H2,22,23,24). The second-order valence-electron chi connectivity index (χ2n) is 7.26. The van der Waals surface area contributed by atoms with Crippen LogP contribution in [0.15, 0.2) is 48.0 Å². The average Bonchev–Trinajstić information content (AvgIpc) is 3.03. The maximum Gasteiger partial charge on any atom is 0.192 e. The summed E-state index contributed by atoms with van der Waals surface area (Å²) >= 11 is 0. The topological polar surface area (TPSA) is 70.4 Å². The number of rotatable bonds is 7. The Balaban J connectivity index is 1.60. The molecule has 0 bridgehead atoms. The third kappa shape index (κ3) is 5.66. The predicted molar refractivity (Wildman–Crippen MR) is 113 cm³/mol. The van der Waals surface area contributed by atoms with Crippen molar-refractivity contribution in [1.29, 1.82) is 0 Å². The highest BCUT2D eigenvalue weighted by atomic mass is 15.3. The molecular weight excluding hydrogens is 350 g/mol. The van der Waals surface area contributed by atoms with Crippen molar-refractivity contribution in [2.75, 3.05) is 19.6 Å². The van der Waals surface area contributed by atoms with Gasteiger partial charge < -0.3 is 15.2 Å². The number of benzene rings is 1. The zero-order chi connectivity index (χ0) is 19.8. The van der Waals surface area contributed by atoms with Gasteiger partial charge in [0.1, 0.15) is 12.4 Å². The van der Waals surface area contributed by atoms with E-state index in [0.29, 0.717) is 19.1 Å². The fourth-order valence-electron chi connectivity index (χ4n) is 3.41. The molecule has 1 fully saturated rings. The molecule has 1 saturated heterocycles. The van der Waals surface area contributed by atoms with Crippen molar-refractivity contribution in [3.05, 3.63) is 60.2 Å². The third-order valence-corrected chi connectivity index (χ3v) is 5.07. The van der Waals surface area contributed by atoms with Crippen molar-refractivity contribution in [2.45, 2.75) is 38.9 Å². The maximum atomic E-state index is 4.71. The van der Waals surface area contributed by atoms with E-state index in [0.717, 1.165) is 43.7 Å². The van der Waals surface area contributed by atoms with Crippen molar-refractivity contribution in [3.63, 3.8) is 0 Å². The van der Waals surface area contributed by atoms with E-state index in [1.807, 2.05) is 24.6 Å². The molecule has 2 aromatic rings. The number of hydrogen-bond donors (Lipinski definition) is 2. The number of aliphatic imine (C=N–C) groups is 1. The molecule has 1 aliphatic rings.